The van der Waals surface area contributed by atoms with Gasteiger partial charge >= 0.3 is 0 Å². The minimum Gasteiger partial charge on any atom is -0.299 e. The summed E-state index contributed by atoms with van der Waals surface area (Å²) < 4.78 is 0. The van der Waals surface area contributed by atoms with E-state index in [1.807, 2.05) is 54.2 Å². The van der Waals surface area contributed by atoms with Crippen LogP contribution in [0.2, 0.25) is 5.02 Å². The van der Waals surface area contributed by atoms with Crippen LogP contribution in [-0.4, -0.2) is 5.91 Å². The van der Waals surface area contributed by atoms with Crippen LogP contribution in [0.4, 0.5) is 5.69 Å². The van der Waals surface area contributed by atoms with Crippen LogP contribution >= 0.6 is 23.4 Å². The molecule has 3 unspecified atom stereocenters. The predicted molar refractivity (Wildman–Crippen MR) is 136 cm³/mol. The van der Waals surface area contributed by atoms with E-state index in [-0.39, 0.29) is 17.1 Å². The van der Waals surface area contributed by atoms with Gasteiger partial charge in [-0.25, -0.2) is 0 Å². The molecule has 4 aromatic carbocycles. The molecule has 162 valence electrons. The van der Waals surface area contributed by atoms with E-state index in [1.54, 1.807) is 0 Å². The zero-order chi connectivity index (χ0) is 22.4. The molecule has 0 radical (unpaired) electrons. The van der Waals surface area contributed by atoms with Crippen molar-refractivity contribution >= 4 is 35.0 Å². The van der Waals surface area contributed by atoms with E-state index in [2.05, 4.69) is 71.6 Å². The van der Waals surface area contributed by atoms with E-state index in [4.69, 9.17) is 11.6 Å². The van der Waals surface area contributed by atoms with Gasteiger partial charge in [0.25, 0.3) is 0 Å². The molecule has 3 atom stereocenters. The molecule has 2 aliphatic rings. The quantitative estimate of drug-likeness (QED) is 0.289. The van der Waals surface area contributed by atoms with Gasteiger partial charge in [-0.15, -0.1) is 11.8 Å². The largest absolute Gasteiger partial charge is 0.299 e. The fraction of sp³-hybridized carbons (Fsp3) is 0.138. The van der Waals surface area contributed by atoms with Crippen molar-refractivity contribution in [2.24, 2.45) is 0 Å². The average molecular weight is 468 g/mol. The number of hydrogen-bond acceptors (Lipinski definition) is 2. The van der Waals surface area contributed by atoms with E-state index in [9.17, 15) is 4.79 Å². The number of rotatable bonds is 3. The SMILES string of the molecule is O=C1C(c2ccccc2)C2(c3ccccc3)CC(c3ccc(Cl)cc3)Sc3ccccc3N12. The first-order valence-electron chi connectivity index (χ1n) is 11.1. The fourth-order valence-electron chi connectivity index (χ4n) is 5.42. The summed E-state index contributed by atoms with van der Waals surface area (Å²) >= 11 is 8.05. The lowest BCUT2D eigenvalue weighted by atomic mass is 9.63. The molecule has 0 aromatic heterocycles. The molecular formula is C29H22ClNOS. The Morgan fingerprint density at radius 1 is 0.758 bits per heavy atom. The summed E-state index contributed by atoms with van der Waals surface area (Å²) in [5.41, 5.74) is 4.00. The summed E-state index contributed by atoms with van der Waals surface area (Å²) in [6.07, 6.45) is 0.809. The number of halogens is 1. The van der Waals surface area contributed by atoms with Crippen molar-refractivity contribution in [1.82, 2.24) is 0 Å². The number of carbonyl (C=O) groups is 1. The Hall–Kier alpha value is -3.01. The van der Waals surface area contributed by atoms with Crippen LogP contribution in [0.15, 0.2) is 114 Å². The fourth-order valence-corrected chi connectivity index (χ4v) is 6.92. The van der Waals surface area contributed by atoms with Crippen molar-refractivity contribution in [3.05, 3.63) is 131 Å². The van der Waals surface area contributed by atoms with Crippen molar-refractivity contribution in [3.8, 4) is 0 Å². The van der Waals surface area contributed by atoms with Crippen LogP contribution in [0.3, 0.4) is 0 Å². The Labute approximate surface area is 203 Å². The Balaban J connectivity index is 1.60. The predicted octanol–water partition coefficient (Wildman–Crippen LogP) is 7.60. The average Bonchev–Trinajstić information content (AvgIpc) is 2.98. The van der Waals surface area contributed by atoms with Gasteiger partial charge < -0.3 is 0 Å². The molecule has 1 saturated heterocycles. The minimum absolute atomic E-state index is 0.162. The van der Waals surface area contributed by atoms with Gasteiger partial charge in [0.1, 0.15) is 0 Å². The highest BCUT2D eigenvalue weighted by Crippen LogP contribution is 2.63. The molecule has 2 nitrogen and oxygen atoms in total. The first-order valence-corrected chi connectivity index (χ1v) is 12.4. The second kappa shape index (κ2) is 8.09. The Morgan fingerprint density at radius 3 is 2.12 bits per heavy atom. The molecule has 1 fully saturated rings. The van der Waals surface area contributed by atoms with Crippen LogP contribution < -0.4 is 4.90 Å². The van der Waals surface area contributed by atoms with Gasteiger partial charge in [0, 0.05) is 15.2 Å². The van der Waals surface area contributed by atoms with Gasteiger partial charge in [-0.2, -0.15) is 0 Å². The molecule has 4 heteroatoms. The topological polar surface area (TPSA) is 20.3 Å². The number of anilines is 1. The summed E-state index contributed by atoms with van der Waals surface area (Å²) in [6, 6.07) is 37.2. The van der Waals surface area contributed by atoms with Gasteiger partial charge in [-0.1, -0.05) is 96.5 Å². The zero-order valence-corrected chi connectivity index (χ0v) is 19.5. The number of fused-ring (bicyclic) bond motifs is 3. The molecule has 0 aliphatic carbocycles. The molecule has 0 saturated carbocycles. The summed E-state index contributed by atoms with van der Waals surface area (Å²) in [5.74, 6) is -0.0717. The van der Waals surface area contributed by atoms with Crippen molar-refractivity contribution in [3.63, 3.8) is 0 Å². The highest BCUT2D eigenvalue weighted by atomic mass is 35.5. The minimum atomic E-state index is -0.469. The number of amides is 1. The van der Waals surface area contributed by atoms with E-state index in [1.165, 1.54) is 11.1 Å². The highest BCUT2D eigenvalue weighted by Gasteiger charge is 2.63. The number of hydrogen-bond donors (Lipinski definition) is 0. The molecule has 0 N–H and O–H groups in total. The van der Waals surface area contributed by atoms with Crippen LogP contribution in [-0.2, 0) is 10.3 Å². The summed E-state index contributed by atoms with van der Waals surface area (Å²) in [5, 5.41) is 0.908. The molecule has 0 spiro atoms. The standard InChI is InChI=1S/C29H22ClNOS/c30-23-17-15-20(16-18-23)26-19-29(22-11-5-2-6-12-22)27(21-9-3-1-4-10-21)28(32)31(29)24-13-7-8-14-25(24)33-26/h1-18,26-27H,19H2. The summed E-state index contributed by atoms with van der Waals surface area (Å²) in [6.45, 7) is 0. The number of para-hydroxylation sites is 1. The smallest absolute Gasteiger partial charge is 0.238 e. The third-order valence-corrected chi connectivity index (χ3v) is 8.44. The lowest BCUT2D eigenvalue weighted by molar-refractivity contribution is -0.131. The second-order valence-corrected chi connectivity index (χ2v) is 10.3. The molecule has 2 aliphatic heterocycles. The highest BCUT2D eigenvalue weighted by molar-refractivity contribution is 7.99. The van der Waals surface area contributed by atoms with Crippen molar-refractivity contribution < 1.29 is 4.79 Å². The maximum Gasteiger partial charge on any atom is 0.238 e. The molecule has 4 aromatic rings. The Bertz CT molecular complexity index is 1310. The molecular weight excluding hydrogens is 446 g/mol. The molecule has 6 rings (SSSR count). The van der Waals surface area contributed by atoms with Crippen LogP contribution in [0.25, 0.3) is 0 Å². The molecule has 0 bridgehead atoms. The summed E-state index contributed by atoms with van der Waals surface area (Å²) in [7, 11) is 0. The van der Waals surface area contributed by atoms with Crippen molar-refractivity contribution in [2.75, 3.05) is 4.90 Å². The van der Waals surface area contributed by atoms with Gasteiger partial charge in [-0.05, 0) is 47.4 Å². The van der Waals surface area contributed by atoms with Crippen molar-refractivity contribution in [1.29, 1.82) is 0 Å². The number of benzene rings is 4. The number of β-lactam (4-membered cyclic amide) rings is 1. The van der Waals surface area contributed by atoms with Crippen LogP contribution in [0, 0.1) is 0 Å². The zero-order valence-electron chi connectivity index (χ0n) is 17.9. The van der Waals surface area contributed by atoms with Crippen molar-refractivity contribution in [2.45, 2.75) is 28.0 Å². The third kappa shape index (κ3) is 3.22. The Morgan fingerprint density at radius 2 is 1.39 bits per heavy atom. The second-order valence-electron chi connectivity index (χ2n) is 8.64. The van der Waals surface area contributed by atoms with Crippen LogP contribution in [0.1, 0.15) is 34.3 Å². The maximum atomic E-state index is 13.9. The van der Waals surface area contributed by atoms with Crippen LogP contribution in [0.5, 0.6) is 0 Å². The van der Waals surface area contributed by atoms with E-state index in [0.29, 0.717) is 0 Å². The van der Waals surface area contributed by atoms with Gasteiger partial charge in [0.05, 0.1) is 17.1 Å². The van der Waals surface area contributed by atoms with E-state index >= 15 is 0 Å². The summed E-state index contributed by atoms with van der Waals surface area (Å²) in [4.78, 5) is 17.1. The van der Waals surface area contributed by atoms with Gasteiger partial charge in [0.15, 0.2) is 0 Å². The lowest BCUT2D eigenvalue weighted by Gasteiger charge is -2.58. The number of carbonyl (C=O) groups excluding carboxylic acids is 1. The van der Waals surface area contributed by atoms with Gasteiger partial charge in [0.2, 0.25) is 5.91 Å². The first kappa shape index (κ1) is 20.6. The molecule has 33 heavy (non-hydrogen) atoms. The first-order chi connectivity index (χ1) is 16.2. The lowest BCUT2D eigenvalue weighted by Crippen LogP contribution is -2.67. The molecule has 2 heterocycles. The monoisotopic (exact) mass is 467 g/mol. The number of thioether (sulfide) groups is 1. The normalized spacial score (nSPS) is 23.8. The maximum absolute atomic E-state index is 13.9. The van der Waals surface area contributed by atoms with Gasteiger partial charge in [-0.3, -0.25) is 9.69 Å². The number of nitrogens with zero attached hydrogens (tertiary/aromatic N) is 1. The molecule has 1 amide bonds. The Kier molecular flexibility index (Phi) is 5.05. The van der Waals surface area contributed by atoms with E-state index < -0.39 is 5.54 Å². The van der Waals surface area contributed by atoms with E-state index in [0.717, 1.165) is 27.6 Å². The third-order valence-electron chi connectivity index (χ3n) is 6.86.